The molecule has 0 aliphatic carbocycles. The van der Waals surface area contributed by atoms with Crippen LogP contribution in [0.5, 0.6) is 0 Å². The van der Waals surface area contributed by atoms with Crippen LogP contribution in [-0.2, 0) is 0 Å². The Morgan fingerprint density at radius 1 is 0.618 bits per heavy atom. The molecule has 6 rings (SSSR count). The van der Waals surface area contributed by atoms with Crippen molar-refractivity contribution in [2.75, 3.05) is 0 Å². The number of fused-ring (bicyclic) bond motifs is 3. The number of imidazole rings is 2. The van der Waals surface area contributed by atoms with Crippen molar-refractivity contribution in [3.05, 3.63) is 77.9 Å². The van der Waals surface area contributed by atoms with Crippen LogP contribution in [0.15, 0.2) is 66.7 Å². The smallest absolute Gasteiger partial charge is 0.157 e. The maximum atomic E-state index is 7.64. The van der Waals surface area contributed by atoms with Crippen LogP contribution in [0.4, 0.5) is 0 Å². The molecule has 3 aromatic carbocycles. The van der Waals surface area contributed by atoms with Crippen molar-refractivity contribution < 1.29 is 0 Å². The Balaban J connectivity index is 1.41. The zero-order valence-corrected chi connectivity index (χ0v) is 17.8. The van der Waals surface area contributed by atoms with Gasteiger partial charge in [0.15, 0.2) is 5.82 Å². The number of nitrogens with zero attached hydrogens (tertiary/aromatic N) is 3. The minimum atomic E-state index is 0.00548. The molecule has 0 amide bonds. The quantitative estimate of drug-likeness (QED) is 0.178. The highest BCUT2D eigenvalue weighted by Gasteiger charge is 2.11. The first-order valence-electron chi connectivity index (χ1n) is 10.5. The van der Waals surface area contributed by atoms with Crippen molar-refractivity contribution in [2.24, 2.45) is 11.5 Å². The van der Waals surface area contributed by atoms with Crippen molar-refractivity contribution >= 4 is 44.6 Å². The number of nitrogens with one attached hydrogen (secondary N) is 4. The Kier molecular flexibility index (Phi) is 4.18. The van der Waals surface area contributed by atoms with E-state index in [-0.39, 0.29) is 11.7 Å². The van der Waals surface area contributed by atoms with Gasteiger partial charge in [0.1, 0.15) is 23.2 Å². The van der Waals surface area contributed by atoms with Crippen LogP contribution in [0, 0.1) is 10.8 Å². The molecule has 0 aliphatic heterocycles. The van der Waals surface area contributed by atoms with Crippen molar-refractivity contribution in [3.8, 4) is 22.9 Å². The van der Waals surface area contributed by atoms with E-state index in [0.717, 1.165) is 38.5 Å². The summed E-state index contributed by atoms with van der Waals surface area (Å²) >= 11 is 0. The van der Waals surface area contributed by atoms with E-state index < -0.39 is 0 Å². The molecule has 34 heavy (non-hydrogen) atoms. The van der Waals surface area contributed by atoms with Gasteiger partial charge < -0.3 is 21.4 Å². The highest BCUT2D eigenvalue weighted by atomic mass is 15.0. The van der Waals surface area contributed by atoms with Crippen molar-refractivity contribution in [2.45, 2.75) is 0 Å². The molecule has 0 bridgehead atoms. The molecule has 9 nitrogen and oxygen atoms in total. The molecule has 6 aromatic rings. The Labute approximate surface area is 192 Å². The predicted octanol–water partition coefficient (Wildman–Crippen LogP) is 3.89. The molecular formula is C25H19N9. The highest BCUT2D eigenvalue weighted by Crippen LogP contribution is 2.27. The molecule has 0 atom stereocenters. The molecule has 0 aliphatic rings. The third kappa shape index (κ3) is 3.23. The van der Waals surface area contributed by atoms with E-state index in [9.17, 15) is 0 Å². The number of aromatic amines is 2. The highest BCUT2D eigenvalue weighted by molar-refractivity contribution is 5.99. The number of benzene rings is 3. The van der Waals surface area contributed by atoms with E-state index in [0.29, 0.717) is 28.5 Å². The number of H-pyrrole nitrogens is 2. The van der Waals surface area contributed by atoms with E-state index >= 15 is 0 Å². The second-order valence-corrected chi connectivity index (χ2v) is 8.07. The maximum absolute atomic E-state index is 7.64. The monoisotopic (exact) mass is 445 g/mol. The molecule has 0 spiro atoms. The second-order valence-electron chi connectivity index (χ2n) is 8.07. The second kappa shape index (κ2) is 7.24. The van der Waals surface area contributed by atoms with Gasteiger partial charge in [0, 0.05) is 22.1 Å². The van der Waals surface area contributed by atoms with Crippen LogP contribution in [0.1, 0.15) is 11.1 Å². The first kappa shape index (κ1) is 19.6. The van der Waals surface area contributed by atoms with Gasteiger partial charge in [-0.2, -0.15) is 0 Å². The summed E-state index contributed by atoms with van der Waals surface area (Å²) in [5, 5.41) is 16.3. The first-order chi connectivity index (χ1) is 16.4. The third-order valence-corrected chi connectivity index (χ3v) is 5.80. The van der Waals surface area contributed by atoms with Crippen molar-refractivity contribution in [3.63, 3.8) is 0 Å². The molecule has 0 fully saturated rings. The number of hydrogen-bond acceptors (Lipinski definition) is 5. The van der Waals surface area contributed by atoms with Crippen LogP contribution < -0.4 is 11.5 Å². The minimum Gasteiger partial charge on any atom is -0.384 e. The van der Waals surface area contributed by atoms with Gasteiger partial charge >= 0.3 is 0 Å². The molecule has 0 saturated heterocycles. The number of amidine groups is 2. The maximum Gasteiger partial charge on any atom is 0.157 e. The lowest BCUT2D eigenvalue weighted by Crippen LogP contribution is -2.10. The van der Waals surface area contributed by atoms with Gasteiger partial charge in [-0.25, -0.2) is 15.0 Å². The lowest BCUT2D eigenvalue weighted by molar-refractivity contribution is 1.27. The minimum absolute atomic E-state index is 0.00548. The van der Waals surface area contributed by atoms with Gasteiger partial charge in [-0.3, -0.25) is 10.8 Å². The molecule has 3 heterocycles. The lowest BCUT2D eigenvalue weighted by Gasteiger charge is -2.03. The molecular weight excluding hydrogens is 426 g/mol. The van der Waals surface area contributed by atoms with Gasteiger partial charge in [0.05, 0.1) is 27.6 Å². The van der Waals surface area contributed by atoms with Gasteiger partial charge in [-0.05, 0) is 48.5 Å². The molecule has 0 saturated carbocycles. The molecule has 0 radical (unpaired) electrons. The van der Waals surface area contributed by atoms with Gasteiger partial charge in [-0.1, -0.05) is 18.2 Å². The van der Waals surface area contributed by atoms with E-state index in [2.05, 4.69) is 19.9 Å². The van der Waals surface area contributed by atoms with Gasteiger partial charge in [-0.15, -0.1) is 0 Å². The van der Waals surface area contributed by atoms with Crippen LogP contribution in [0.2, 0.25) is 0 Å². The number of pyridine rings is 1. The average Bonchev–Trinajstić information content (AvgIpc) is 3.46. The van der Waals surface area contributed by atoms with E-state index in [1.54, 1.807) is 24.3 Å². The summed E-state index contributed by atoms with van der Waals surface area (Å²) in [7, 11) is 0. The summed E-state index contributed by atoms with van der Waals surface area (Å²) in [5.74, 6) is 1.37. The third-order valence-electron chi connectivity index (χ3n) is 5.80. The van der Waals surface area contributed by atoms with Crippen molar-refractivity contribution in [1.82, 2.24) is 24.9 Å². The van der Waals surface area contributed by atoms with Crippen LogP contribution in [0.25, 0.3) is 55.9 Å². The summed E-state index contributed by atoms with van der Waals surface area (Å²) in [6.45, 7) is 0. The number of nitrogen functional groups attached to an aromatic ring is 2. The topological polar surface area (TPSA) is 170 Å². The molecule has 3 aromatic heterocycles. The summed E-state index contributed by atoms with van der Waals surface area (Å²) < 4.78 is 0. The van der Waals surface area contributed by atoms with E-state index in [4.69, 9.17) is 27.3 Å². The normalized spacial score (nSPS) is 11.4. The van der Waals surface area contributed by atoms with E-state index in [1.807, 2.05) is 42.5 Å². The van der Waals surface area contributed by atoms with Crippen LogP contribution >= 0.6 is 0 Å². The van der Waals surface area contributed by atoms with Crippen LogP contribution in [0.3, 0.4) is 0 Å². The Bertz CT molecular complexity index is 1650. The molecule has 164 valence electrons. The fourth-order valence-corrected chi connectivity index (χ4v) is 4.00. The Morgan fingerprint density at radius 2 is 1.21 bits per heavy atom. The van der Waals surface area contributed by atoms with Gasteiger partial charge in [0.25, 0.3) is 0 Å². The number of hydrogen-bond donors (Lipinski definition) is 6. The number of aromatic nitrogens is 5. The summed E-state index contributed by atoms with van der Waals surface area (Å²) in [4.78, 5) is 20.8. The zero-order chi connectivity index (χ0) is 23.4. The first-order valence-corrected chi connectivity index (χ1v) is 10.5. The standard InChI is InChI=1S/C25H19N9/c26-22(27)13-4-6-16-20(9-13)33-24(31-16)15-2-1-12-3-8-18(30-19(12)11-15)25-32-17-7-5-14(23(28)29)10-21(17)34-25/h1-11H,(H3,26,27)(H3,28,29)(H,31,33)(H,32,34). The largest absolute Gasteiger partial charge is 0.384 e. The number of nitrogens with two attached hydrogens (primary N) is 2. The van der Waals surface area contributed by atoms with E-state index in [1.165, 1.54) is 0 Å². The Hall–Kier alpha value is -5.05. The molecule has 0 unspecified atom stereocenters. The lowest BCUT2D eigenvalue weighted by atomic mass is 10.1. The number of rotatable bonds is 4. The van der Waals surface area contributed by atoms with Crippen molar-refractivity contribution in [1.29, 1.82) is 10.8 Å². The average molecular weight is 445 g/mol. The van der Waals surface area contributed by atoms with Crippen LogP contribution in [-0.4, -0.2) is 36.6 Å². The fourth-order valence-electron chi connectivity index (χ4n) is 4.00. The summed E-state index contributed by atoms with van der Waals surface area (Å²) in [6, 6.07) is 20.8. The predicted molar refractivity (Wildman–Crippen MR) is 134 cm³/mol. The zero-order valence-electron chi connectivity index (χ0n) is 17.8. The SMILES string of the molecule is N=C(N)c1ccc2[nH]c(-c3ccc4ccc(-c5nc6cc(C(=N)N)ccc6[nH]5)nc4c3)nc2c1. The summed E-state index contributed by atoms with van der Waals surface area (Å²) in [5.41, 5.74) is 18.1. The van der Waals surface area contributed by atoms with Gasteiger partial charge in [0.2, 0.25) is 0 Å². The molecule has 8 N–H and O–H groups in total. The Morgan fingerprint density at radius 3 is 1.85 bits per heavy atom. The molecule has 9 heteroatoms. The summed E-state index contributed by atoms with van der Waals surface area (Å²) in [6.07, 6.45) is 0. The fraction of sp³-hybridized carbons (Fsp3) is 0.